The summed E-state index contributed by atoms with van der Waals surface area (Å²) in [6, 6.07) is 9.97. The van der Waals surface area contributed by atoms with Gasteiger partial charge in [0.15, 0.2) is 0 Å². The number of halogens is 1. The lowest BCUT2D eigenvalue weighted by molar-refractivity contribution is -0.135. The summed E-state index contributed by atoms with van der Waals surface area (Å²) in [7, 11) is 0. The summed E-state index contributed by atoms with van der Waals surface area (Å²) in [6.45, 7) is 1.13. The minimum absolute atomic E-state index is 0.0382. The van der Waals surface area contributed by atoms with Crippen LogP contribution in [0.2, 0.25) is 5.02 Å². The summed E-state index contributed by atoms with van der Waals surface area (Å²) >= 11 is 8.25. The van der Waals surface area contributed by atoms with Crippen LogP contribution in [0.5, 0.6) is 5.75 Å². The molecule has 0 fully saturated rings. The van der Waals surface area contributed by atoms with Gasteiger partial charge in [-0.05, 0) is 36.8 Å². The van der Waals surface area contributed by atoms with Gasteiger partial charge in [-0.25, -0.2) is 5.43 Å². The van der Waals surface area contributed by atoms with Gasteiger partial charge >= 0.3 is 5.97 Å². The molecule has 0 aliphatic carbocycles. The lowest BCUT2D eigenvalue weighted by Gasteiger charge is -2.03. The number of carbonyl (C=O) groups is 3. The molecule has 3 aromatic rings. The number of hydrazone groups is 1. The van der Waals surface area contributed by atoms with Crippen molar-refractivity contribution in [1.29, 1.82) is 0 Å². The maximum atomic E-state index is 12.3. The van der Waals surface area contributed by atoms with E-state index in [0.29, 0.717) is 21.2 Å². The number of benzene rings is 1. The zero-order chi connectivity index (χ0) is 22.5. The molecular formula is C20H16ClN3O5S2. The van der Waals surface area contributed by atoms with Crippen molar-refractivity contribution in [2.75, 3.05) is 6.54 Å². The average Bonchev–Trinajstić information content (AvgIpc) is 3.37. The normalized spacial score (nSPS) is 11.2. The number of rotatable bonds is 7. The molecule has 8 nitrogen and oxygen atoms in total. The van der Waals surface area contributed by atoms with Crippen molar-refractivity contribution < 1.29 is 24.6 Å². The lowest BCUT2D eigenvalue weighted by Crippen LogP contribution is -2.28. The highest BCUT2D eigenvalue weighted by molar-refractivity contribution is 7.16. The van der Waals surface area contributed by atoms with Gasteiger partial charge in [-0.3, -0.25) is 14.4 Å². The molecule has 0 aliphatic heterocycles. The fourth-order valence-corrected chi connectivity index (χ4v) is 4.52. The summed E-state index contributed by atoms with van der Waals surface area (Å²) in [5.74, 6) is -2.24. The smallest absolute Gasteiger partial charge is 0.322 e. The Bertz CT molecular complexity index is 1190. The zero-order valence-electron chi connectivity index (χ0n) is 16.0. The monoisotopic (exact) mass is 477 g/mol. The van der Waals surface area contributed by atoms with Crippen molar-refractivity contribution in [2.24, 2.45) is 5.10 Å². The molecule has 2 amide bonds. The van der Waals surface area contributed by atoms with E-state index in [1.54, 1.807) is 30.5 Å². The lowest BCUT2D eigenvalue weighted by atomic mass is 10.1. The Morgan fingerprint density at radius 1 is 1.13 bits per heavy atom. The predicted octanol–water partition coefficient (Wildman–Crippen LogP) is 3.80. The maximum Gasteiger partial charge on any atom is 0.322 e. The van der Waals surface area contributed by atoms with Crippen molar-refractivity contribution in [1.82, 2.24) is 10.7 Å². The van der Waals surface area contributed by atoms with Crippen molar-refractivity contribution in [3.05, 3.63) is 62.1 Å². The molecule has 1 aromatic carbocycles. The van der Waals surface area contributed by atoms with E-state index >= 15 is 0 Å². The van der Waals surface area contributed by atoms with E-state index in [9.17, 15) is 19.5 Å². The van der Waals surface area contributed by atoms with Crippen LogP contribution in [-0.2, 0) is 4.79 Å². The number of aliphatic carboxylic acids is 1. The van der Waals surface area contributed by atoms with Crippen LogP contribution >= 0.6 is 34.3 Å². The van der Waals surface area contributed by atoms with Crippen LogP contribution in [0.1, 0.15) is 31.8 Å². The zero-order valence-corrected chi connectivity index (χ0v) is 18.4. The van der Waals surface area contributed by atoms with Gasteiger partial charge in [0.1, 0.15) is 12.3 Å². The molecule has 11 heteroatoms. The van der Waals surface area contributed by atoms with E-state index in [1.807, 2.05) is 6.07 Å². The maximum absolute atomic E-state index is 12.3. The predicted molar refractivity (Wildman–Crippen MR) is 120 cm³/mol. The first-order valence-electron chi connectivity index (χ1n) is 8.77. The molecular weight excluding hydrogens is 462 g/mol. The van der Waals surface area contributed by atoms with Crippen LogP contribution in [0.4, 0.5) is 0 Å². The summed E-state index contributed by atoms with van der Waals surface area (Å²) in [5.41, 5.74) is 4.03. The third-order valence-corrected chi connectivity index (χ3v) is 6.36. The number of hydrogen-bond acceptors (Lipinski definition) is 7. The summed E-state index contributed by atoms with van der Waals surface area (Å²) in [4.78, 5) is 35.8. The standard InChI is InChI=1S/C20H16ClN3O5S2/c1-10(13-9-30-18(17(13)27)11-3-2-4-12(21)7-11)23-24-20(29)15-6-5-14(31-15)19(28)22-8-16(25)26/h2-7,9,27H,8H2,1H3,(H,22,28)(H,24,29)(H,25,26)/b23-10+. The molecule has 0 bridgehead atoms. The Kier molecular flexibility index (Phi) is 7.06. The first-order valence-corrected chi connectivity index (χ1v) is 10.8. The second-order valence-electron chi connectivity index (χ2n) is 6.22. The summed E-state index contributed by atoms with van der Waals surface area (Å²) in [5, 5.41) is 27.7. The van der Waals surface area contributed by atoms with Gasteiger partial charge in [-0.2, -0.15) is 5.10 Å². The molecule has 0 aliphatic rings. The number of carboxylic acids is 1. The Labute approximate surface area is 189 Å². The van der Waals surface area contributed by atoms with E-state index in [1.165, 1.54) is 23.5 Å². The van der Waals surface area contributed by atoms with Crippen molar-refractivity contribution in [3.63, 3.8) is 0 Å². The quantitative estimate of drug-likeness (QED) is 0.304. The molecule has 0 saturated carbocycles. The molecule has 3 rings (SSSR count). The van der Waals surface area contributed by atoms with Gasteiger partial charge in [0.25, 0.3) is 11.8 Å². The largest absolute Gasteiger partial charge is 0.506 e. The average molecular weight is 478 g/mol. The van der Waals surface area contributed by atoms with Gasteiger partial charge in [0.05, 0.1) is 25.9 Å². The molecule has 0 radical (unpaired) electrons. The molecule has 2 aromatic heterocycles. The van der Waals surface area contributed by atoms with Gasteiger partial charge in [0, 0.05) is 10.4 Å². The Balaban J connectivity index is 1.69. The SMILES string of the molecule is C/C(=N\NC(=O)c1ccc(C(=O)NCC(=O)O)s1)c1csc(-c2cccc(Cl)c2)c1O. The van der Waals surface area contributed by atoms with Crippen molar-refractivity contribution in [3.8, 4) is 16.2 Å². The second kappa shape index (κ2) is 9.73. The number of carbonyl (C=O) groups excluding carboxylic acids is 2. The Morgan fingerprint density at radius 2 is 1.84 bits per heavy atom. The number of thiophene rings is 2. The second-order valence-corrected chi connectivity index (χ2v) is 8.62. The number of amides is 2. The third kappa shape index (κ3) is 5.48. The Hall–Kier alpha value is -3.21. The third-order valence-electron chi connectivity index (χ3n) is 4.02. The topological polar surface area (TPSA) is 128 Å². The minimum atomic E-state index is -1.16. The number of carboxylic acid groups (broad SMARTS) is 1. The first kappa shape index (κ1) is 22.5. The van der Waals surface area contributed by atoms with Gasteiger partial charge in [-0.15, -0.1) is 22.7 Å². The van der Waals surface area contributed by atoms with E-state index in [2.05, 4.69) is 15.8 Å². The molecule has 0 atom stereocenters. The highest BCUT2D eigenvalue weighted by Crippen LogP contribution is 2.39. The van der Waals surface area contributed by atoms with E-state index < -0.39 is 24.3 Å². The summed E-state index contributed by atoms with van der Waals surface area (Å²) < 4.78 is 0. The fourth-order valence-electron chi connectivity index (χ4n) is 2.52. The first-order chi connectivity index (χ1) is 14.8. The minimum Gasteiger partial charge on any atom is -0.506 e. The highest BCUT2D eigenvalue weighted by atomic mass is 35.5. The van der Waals surface area contributed by atoms with Crippen LogP contribution in [-0.4, -0.2) is 40.3 Å². The van der Waals surface area contributed by atoms with E-state index in [-0.39, 0.29) is 15.5 Å². The highest BCUT2D eigenvalue weighted by Gasteiger charge is 2.17. The number of hydrogen-bond donors (Lipinski definition) is 4. The summed E-state index contributed by atoms with van der Waals surface area (Å²) in [6.07, 6.45) is 0. The van der Waals surface area contributed by atoms with Crippen LogP contribution in [0.25, 0.3) is 10.4 Å². The van der Waals surface area contributed by atoms with Gasteiger partial charge < -0.3 is 15.5 Å². The van der Waals surface area contributed by atoms with Crippen LogP contribution in [0, 0.1) is 0 Å². The molecule has 0 spiro atoms. The van der Waals surface area contributed by atoms with E-state index in [4.69, 9.17) is 16.7 Å². The van der Waals surface area contributed by atoms with Crippen LogP contribution < -0.4 is 10.7 Å². The van der Waals surface area contributed by atoms with Gasteiger partial charge in [-0.1, -0.05) is 23.7 Å². The molecule has 0 unspecified atom stereocenters. The fraction of sp³-hybridized carbons (Fsp3) is 0.100. The Morgan fingerprint density at radius 3 is 2.52 bits per heavy atom. The van der Waals surface area contributed by atoms with Crippen molar-refractivity contribution in [2.45, 2.75) is 6.92 Å². The molecule has 2 heterocycles. The van der Waals surface area contributed by atoms with Crippen LogP contribution in [0.15, 0.2) is 46.9 Å². The number of aromatic hydroxyl groups is 1. The number of nitrogens with one attached hydrogen (secondary N) is 2. The molecule has 4 N–H and O–H groups in total. The van der Waals surface area contributed by atoms with E-state index in [0.717, 1.165) is 16.9 Å². The molecule has 160 valence electrons. The number of nitrogens with zero attached hydrogens (tertiary/aromatic N) is 1. The molecule has 0 saturated heterocycles. The van der Waals surface area contributed by atoms with Gasteiger partial charge in [0.2, 0.25) is 0 Å². The van der Waals surface area contributed by atoms with Crippen LogP contribution in [0.3, 0.4) is 0 Å². The van der Waals surface area contributed by atoms with Crippen molar-refractivity contribution >= 4 is 57.8 Å². The molecule has 31 heavy (non-hydrogen) atoms.